The SMILES string of the molecule is CCC(NC(=O)C1CC1c1cccc(Br)c1)C(=O)O. The molecule has 19 heavy (non-hydrogen) atoms. The Kier molecular flexibility index (Phi) is 4.24. The second-order valence-electron chi connectivity index (χ2n) is 4.81. The normalized spacial score (nSPS) is 22.6. The topological polar surface area (TPSA) is 66.4 Å². The van der Waals surface area contributed by atoms with Crippen LogP contribution in [-0.4, -0.2) is 23.0 Å². The molecule has 0 aromatic heterocycles. The van der Waals surface area contributed by atoms with Gasteiger partial charge in [0.05, 0.1) is 0 Å². The Bertz CT molecular complexity index is 503. The Balaban J connectivity index is 1.95. The van der Waals surface area contributed by atoms with Crippen molar-refractivity contribution in [3.05, 3.63) is 34.3 Å². The minimum Gasteiger partial charge on any atom is -0.480 e. The zero-order chi connectivity index (χ0) is 14.0. The smallest absolute Gasteiger partial charge is 0.326 e. The van der Waals surface area contributed by atoms with Gasteiger partial charge in [-0.2, -0.15) is 0 Å². The zero-order valence-corrected chi connectivity index (χ0v) is 12.2. The lowest BCUT2D eigenvalue weighted by molar-refractivity contribution is -0.142. The lowest BCUT2D eigenvalue weighted by Crippen LogP contribution is -2.41. The number of rotatable bonds is 5. The molecule has 4 nitrogen and oxygen atoms in total. The number of nitrogens with one attached hydrogen (secondary N) is 1. The number of hydrogen-bond donors (Lipinski definition) is 2. The van der Waals surface area contributed by atoms with E-state index in [1.807, 2.05) is 24.3 Å². The molecule has 1 saturated carbocycles. The molecule has 1 aliphatic rings. The fourth-order valence-electron chi connectivity index (χ4n) is 2.21. The van der Waals surface area contributed by atoms with Gasteiger partial charge in [-0.25, -0.2) is 4.79 Å². The lowest BCUT2D eigenvalue weighted by atomic mass is 10.1. The van der Waals surface area contributed by atoms with Crippen LogP contribution in [0.25, 0.3) is 0 Å². The summed E-state index contributed by atoms with van der Waals surface area (Å²) in [5.74, 6) is -1.01. The predicted molar refractivity (Wildman–Crippen MR) is 74.8 cm³/mol. The van der Waals surface area contributed by atoms with Gasteiger partial charge in [0, 0.05) is 10.4 Å². The van der Waals surface area contributed by atoms with E-state index in [0.717, 1.165) is 16.5 Å². The first-order valence-corrected chi connectivity index (χ1v) is 7.11. The van der Waals surface area contributed by atoms with Gasteiger partial charge in [0.25, 0.3) is 0 Å². The van der Waals surface area contributed by atoms with E-state index in [1.54, 1.807) is 6.92 Å². The van der Waals surface area contributed by atoms with Crippen molar-refractivity contribution in [3.8, 4) is 0 Å². The molecule has 5 heteroatoms. The fraction of sp³-hybridized carbons (Fsp3) is 0.429. The van der Waals surface area contributed by atoms with E-state index in [0.29, 0.717) is 6.42 Å². The Morgan fingerprint density at radius 2 is 2.26 bits per heavy atom. The number of carboxylic acids is 1. The van der Waals surface area contributed by atoms with Crippen molar-refractivity contribution >= 4 is 27.8 Å². The number of aliphatic carboxylic acids is 1. The monoisotopic (exact) mass is 325 g/mol. The molecule has 102 valence electrons. The molecule has 1 aliphatic carbocycles. The van der Waals surface area contributed by atoms with Gasteiger partial charge in [-0.15, -0.1) is 0 Å². The number of halogens is 1. The van der Waals surface area contributed by atoms with Crippen LogP contribution in [-0.2, 0) is 9.59 Å². The number of carboxylic acid groups (broad SMARTS) is 1. The molecule has 1 fully saturated rings. The van der Waals surface area contributed by atoms with Crippen LogP contribution in [0.4, 0.5) is 0 Å². The molecule has 0 spiro atoms. The molecule has 0 saturated heterocycles. The third-order valence-electron chi connectivity index (χ3n) is 3.43. The number of amides is 1. The molecule has 0 radical (unpaired) electrons. The molecule has 1 aromatic carbocycles. The maximum atomic E-state index is 12.0. The van der Waals surface area contributed by atoms with Crippen molar-refractivity contribution < 1.29 is 14.7 Å². The molecule has 3 unspecified atom stereocenters. The summed E-state index contributed by atoms with van der Waals surface area (Å²) in [4.78, 5) is 22.8. The summed E-state index contributed by atoms with van der Waals surface area (Å²) >= 11 is 3.41. The molecule has 2 rings (SSSR count). The van der Waals surface area contributed by atoms with Crippen LogP contribution in [0.3, 0.4) is 0 Å². The van der Waals surface area contributed by atoms with Crippen LogP contribution in [0.5, 0.6) is 0 Å². The number of hydrogen-bond acceptors (Lipinski definition) is 2. The second-order valence-corrected chi connectivity index (χ2v) is 5.73. The van der Waals surface area contributed by atoms with Crippen molar-refractivity contribution in [2.45, 2.75) is 31.7 Å². The minimum absolute atomic E-state index is 0.0947. The van der Waals surface area contributed by atoms with Gasteiger partial charge in [0.15, 0.2) is 0 Å². The second kappa shape index (κ2) is 5.74. The molecule has 3 atom stereocenters. The molecule has 0 bridgehead atoms. The Morgan fingerprint density at radius 3 is 2.84 bits per heavy atom. The average molecular weight is 326 g/mol. The van der Waals surface area contributed by atoms with E-state index < -0.39 is 12.0 Å². The Morgan fingerprint density at radius 1 is 1.53 bits per heavy atom. The average Bonchev–Trinajstić information content (AvgIpc) is 3.15. The summed E-state index contributed by atoms with van der Waals surface area (Å²) in [5.41, 5.74) is 1.12. The molecule has 2 N–H and O–H groups in total. The van der Waals surface area contributed by atoms with Crippen LogP contribution in [0.2, 0.25) is 0 Å². The zero-order valence-electron chi connectivity index (χ0n) is 10.6. The highest BCUT2D eigenvalue weighted by atomic mass is 79.9. The van der Waals surface area contributed by atoms with Gasteiger partial charge >= 0.3 is 5.97 Å². The Labute approximate surface area is 120 Å². The van der Waals surface area contributed by atoms with Crippen molar-refractivity contribution in [2.24, 2.45) is 5.92 Å². The highest BCUT2D eigenvalue weighted by Crippen LogP contribution is 2.48. The maximum Gasteiger partial charge on any atom is 0.326 e. The van der Waals surface area contributed by atoms with Crippen molar-refractivity contribution in [2.75, 3.05) is 0 Å². The van der Waals surface area contributed by atoms with E-state index in [4.69, 9.17) is 5.11 Å². The standard InChI is InChI=1S/C14H16BrNO3/c1-2-12(14(18)19)16-13(17)11-7-10(11)8-4-3-5-9(15)6-8/h3-6,10-12H,2,7H2,1H3,(H,16,17)(H,18,19). The number of carbonyl (C=O) groups is 2. The largest absolute Gasteiger partial charge is 0.480 e. The van der Waals surface area contributed by atoms with Gasteiger partial charge in [-0.3, -0.25) is 4.79 Å². The number of benzene rings is 1. The summed E-state index contributed by atoms with van der Waals surface area (Å²) in [5, 5.41) is 11.5. The maximum absolute atomic E-state index is 12.0. The Hall–Kier alpha value is -1.36. The van der Waals surface area contributed by atoms with Gasteiger partial charge in [-0.1, -0.05) is 35.0 Å². The molecular formula is C14H16BrNO3. The summed E-state index contributed by atoms with van der Waals surface area (Å²) in [6.45, 7) is 1.75. The highest BCUT2D eigenvalue weighted by molar-refractivity contribution is 9.10. The number of carbonyl (C=O) groups excluding carboxylic acids is 1. The van der Waals surface area contributed by atoms with Gasteiger partial charge in [-0.05, 0) is 36.5 Å². The van der Waals surface area contributed by atoms with Gasteiger partial charge < -0.3 is 10.4 Å². The third-order valence-corrected chi connectivity index (χ3v) is 3.92. The van der Waals surface area contributed by atoms with Gasteiger partial charge in [0.2, 0.25) is 5.91 Å². The van der Waals surface area contributed by atoms with Crippen LogP contribution >= 0.6 is 15.9 Å². The van der Waals surface area contributed by atoms with Crippen molar-refractivity contribution in [1.82, 2.24) is 5.32 Å². The van der Waals surface area contributed by atoms with Crippen LogP contribution in [0, 0.1) is 5.92 Å². The van der Waals surface area contributed by atoms with Crippen LogP contribution in [0.15, 0.2) is 28.7 Å². The fourth-order valence-corrected chi connectivity index (χ4v) is 2.62. The van der Waals surface area contributed by atoms with Crippen LogP contribution in [0.1, 0.15) is 31.2 Å². The first-order valence-electron chi connectivity index (χ1n) is 6.31. The molecule has 0 aliphatic heterocycles. The van der Waals surface area contributed by atoms with E-state index in [2.05, 4.69) is 21.2 Å². The lowest BCUT2D eigenvalue weighted by Gasteiger charge is -2.12. The molecule has 1 aromatic rings. The molecule has 0 heterocycles. The minimum atomic E-state index is -0.976. The third kappa shape index (κ3) is 3.35. The van der Waals surface area contributed by atoms with E-state index >= 15 is 0 Å². The van der Waals surface area contributed by atoms with Crippen molar-refractivity contribution in [1.29, 1.82) is 0 Å². The summed E-state index contributed by atoms with van der Waals surface area (Å²) in [6, 6.07) is 7.11. The van der Waals surface area contributed by atoms with E-state index in [9.17, 15) is 9.59 Å². The summed E-state index contributed by atoms with van der Waals surface area (Å²) in [7, 11) is 0. The predicted octanol–water partition coefficient (Wildman–Crippen LogP) is 2.53. The van der Waals surface area contributed by atoms with E-state index in [-0.39, 0.29) is 17.7 Å². The van der Waals surface area contributed by atoms with E-state index in [1.165, 1.54) is 0 Å². The summed E-state index contributed by atoms with van der Waals surface area (Å²) < 4.78 is 0.994. The first kappa shape index (κ1) is 14.1. The first-order chi connectivity index (χ1) is 9.02. The molecular weight excluding hydrogens is 310 g/mol. The highest BCUT2D eigenvalue weighted by Gasteiger charge is 2.44. The van der Waals surface area contributed by atoms with Crippen molar-refractivity contribution in [3.63, 3.8) is 0 Å². The quantitative estimate of drug-likeness (QED) is 0.874. The molecule has 1 amide bonds. The summed E-state index contributed by atoms with van der Waals surface area (Å²) in [6.07, 6.45) is 1.19. The van der Waals surface area contributed by atoms with Crippen LogP contribution < -0.4 is 5.32 Å². The van der Waals surface area contributed by atoms with Gasteiger partial charge in [0.1, 0.15) is 6.04 Å².